The molecule has 2 heterocycles. The predicted octanol–water partition coefficient (Wildman–Crippen LogP) is 2.00. The summed E-state index contributed by atoms with van der Waals surface area (Å²) in [5.74, 6) is -0.280. The average molecular weight is 620 g/mol. The molecular formula is C28H37N5O7S2. The van der Waals surface area contributed by atoms with Crippen LogP contribution >= 0.6 is 0 Å². The second-order valence-electron chi connectivity index (χ2n) is 10.8. The smallest absolute Gasteiger partial charge is 0.261 e. The van der Waals surface area contributed by atoms with Crippen LogP contribution in [0.25, 0.3) is 0 Å². The summed E-state index contributed by atoms with van der Waals surface area (Å²) in [6.07, 6.45) is 2.01. The molecule has 12 nitrogen and oxygen atoms in total. The maximum Gasteiger partial charge on any atom is 0.261 e. The molecule has 0 bridgehead atoms. The Bertz CT molecular complexity index is 1640. The number of imidazole rings is 1. The Morgan fingerprint density at radius 2 is 1.86 bits per heavy atom. The van der Waals surface area contributed by atoms with Crippen molar-refractivity contribution in [2.24, 2.45) is 13.0 Å². The number of hydrogen-bond acceptors (Lipinski definition) is 8. The lowest BCUT2D eigenvalue weighted by atomic mass is 10.0. The number of ether oxygens (including phenoxy) is 1. The summed E-state index contributed by atoms with van der Waals surface area (Å²) < 4.78 is 64.1. The number of aliphatic hydroxyl groups is 1. The van der Waals surface area contributed by atoms with E-state index in [2.05, 4.69) is 9.71 Å². The van der Waals surface area contributed by atoms with Crippen LogP contribution in [0.4, 0.5) is 5.69 Å². The maximum atomic E-state index is 13.5. The fraction of sp³-hybridized carbons (Fsp3) is 0.429. The van der Waals surface area contributed by atoms with Crippen LogP contribution in [0.2, 0.25) is 0 Å². The summed E-state index contributed by atoms with van der Waals surface area (Å²) in [5, 5.41) is 9.77. The van der Waals surface area contributed by atoms with Crippen molar-refractivity contribution in [3.8, 4) is 5.75 Å². The van der Waals surface area contributed by atoms with Gasteiger partial charge in [0, 0.05) is 44.0 Å². The van der Waals surface area contributed by atoms with Gasteiger partial charge >= 0.3 is 0 Å². The zero-order valence-electron chi connectivity index (χ0n) is 24.3. The fourth-order valence-corrected chi connectivity index (χ4v) is 6.87. The van der Waals surface area contributed by atoms with Crippen molar-refractivity contribution in [1.29, 1.82) is 0 Å². The van der Waals surface area contributed by atoms with Crippen molar-refractivity contribution in [2.45, 2.75) is 49.3 Å². The van der Waals surface area contributed by atoms with Gasteiger partial charge in [-0.1, -0.05) is 24.6 Å². The lowest BCUT2D eigenvalue weighted by Crippen LogP contribution is -2.48. The molecule has 3 aromatic rings. The topological polar surface area (TPSA) is 151 Å². The van der Waals surface area contributed by atoms with E-state index in [1.807, 2.05) is 13.8 Å². The number of likely N-dealkylation sites (N-methyl/N-ethyl adjacent to an activating group) is 1. The molecule has 3 atom stereocenters. The minimum atomic E-state index is -3.93. The third-order valence-electron chi connectivity index (χ3n) is 7.29. The number of anilines is 1. The Morgan fingerprint density at radius 3 is 2.48 bits per heavy atom. The first-order chi connectivity index (χ1) is 19.7. The van der Waals surface area contributed by atoms with Crippen LogP contribution in [0.5, 0.6) is 5.75 Å². The Balaban J connectivity index is 1.68. The van der Waals surface area contributed by atoms with Crippen molar-refractivity contribution in [2.75, 3.05) is 31.5 Å². The number of benzene rings is 2. The minimum absolute atomic E-state index is 0.0448. The lowest BCUT2D eigenvalue weighted by Gasteiger charge is -2.33. The number of carbonyl (C=O) groups excluding carboxylic acids is 1. The third kappa shape index (κ3) is 6.94. The van der Waals surface area contributed by atoms with Gasteiger partial charge in [0.25, 0.3) is 20.0 Å². The predicted molar refractivity (Wildman–Crippen MR) is 157 cm³/mol. The molecule has 1 aliphatic heterocycles. The molecule has 0 aliphatic carbocycles. The second-order valence-corrected chi connectivity index (χ2v) is 14.5. The van der Waals surface area contributed by atoms with Crippen molar-refractivity contribution < 1.29 is 31.5 Å². The van der Waals surface area contributed by atoms with E-state index in [9.17, 15) is 26.7 Å². The summed E-state index contributed by atoms with van der Waals surface area (Å²) in [6, 6.07) is 10.6. The molecule has 0 spiro atoms. The Labute approximate surface area is 247 Å². The highest BCUT2D eigenvalue weighted by atomic mass is 32.2. The van der Waals surface area contributed by atoms with Crippen LogP contribution in [0.3, 0.4) is 0 Å². The zero-order chi connectivity index (χ0) is 30.8. The number of fused-ring (bicyclic) bond motifs is 1. The molecule has 2 aromatic carbocycles. The molecule has 1 aliphatic rings. The number of rotatable bonds is 9. The molecule has 1 amide bonds. The fourth-order valence-electron chi connectivity index (χ4n) is 4.68. The average Bonchev–Trinajstić information content (AvgIpc) is 3.39. The highest BCUT2D eigenvalue weighted by Gasteiger charge is 2.34. The normalized spacial score (nSPS) is 18.9. The molecule has 0 radical (unpaired) electrons. The number of nitrogens with zero attached hydrogens (tertiary/aromatic N) is 4. The summed E-state index contributed by atoms with van der Waals surface area (Å²) in [4.78, 5) is 19.1. The highest BCUT2D eigenvalue weighted by Crippen LogP contribution is 2.30. The molecular weight excluding hydrogens is 582 g/mol. The summed E-state index contributed by atoms with van der Waals surface area (Å²) in [6.45, 7) is 5.34. The third-order valence-corrected chi connectivity index (χ3v) is 10.4. The van der Waals surface area contributed by atoms with Gasteiger partial charge in [0.15, 0.2) is 5.03 Å². The molecule has 0 fully saturated rings. The molecule has 42 heavy (non-hydrogen) atoms. The first-order valence-electron chi connectivity index (χ1n) is 13.4. The molecule has 0 unspecified atom stereocenters. The van der Waals surface area contributed by atoms with Crippen LogP contribution in [0, 0.1) is 12.8 Å². The first-order valence-corrected chi connectivity index (χ1v) is 16.4. The monoisotopic (exact) mass is 619 g/mol. The number of hydrogen-bond donors (Lipinski definition) is 2. The number of carbonyl (C=O) groups is 1. The second kappa shape index (κ2) is 12.4. The Hall–Kier alpha value is -3.46. The van der Waals surface area contributed by atoms with Gasteiger partial charge in [-0.25, -0.2) is 21.8 Å². The van der Waals surface area contributed by atoms with Crippen LogP contribution in [-0.2, 0) is 38.3 Å². The van der Waals surface area contributed by atoms with E-state index >= 15 is 0 Å². The summed E-state index contributed by atoms with van der Waals surface area (Å²) in [7, 11) is -4.71. The molecule has 0 saturated heterocycles. The van der Waals surface area contributed by atoms with Crippen molar-refractivity contribution in [1.82, 2.24) is 18.8 Å². The zero-order valence-corrected chi connectivity index (χ0v) is 25.9. The molecule has 14 heteroatoms. The lowest BCUT2D eigenvalue weighted by molar-refractivity contribution is -0.134. The number of aryl methyl sites for hydroxylation is 2. The number of amides is 1. The van der Waals surface area contributed by atoms with E-state index < -0.39 is 32.2 Å². The molecule has 2 N–H and O–H groups in total. The SMILES string of the molecule is Cc1ccc(S(=O)(=O)Nc2ccc3c(c2)CC(=O)N([C@H](C)CO)C[C@H](C)[C@@H](CN(C)S(=O)(=O)c2cn(C)cn2)O3)cc1. The van der Waals surface area contributed by atoms with Crippen molar-refractivity contribution in [3.05, 3.63) is 66.1 Å². The Morgan fingerprint density at radius 1 is 1.17 bits per heavy atom. The van der Waals surface area contributed by atoms with E-state index in [0.29, 0.717) is 11.3 Å². The van der Waals surface area contributed by atoms with Crippen molar-refractivity contribution in [3.63, 3.8) is 0 Å². The van der Waals surface area contributed by atoms with Gasteiger partial charge in [0.2, 0.25) is 5.91 Å². The van der Waals surface area contributed by atoms with E-state index in [4.69, 9.17) is 4.74 Å². The highest BCUT2D eigenvalue weighted by molar-refractivity contribution is 7.92. The molecule has 1 aromatic heterocycles. The van der Waals surface area contributed by atoms with Gasteiger partial charge < -0.3 is 19.3 Å². The van der Waals surface area contributed by atoms with E-state index in [1.165, 1.54) is 42.1 Å². The Kier molecular flexibility index (Phi) is 9.30. The van der Waals surface area contributed by atoms with Crippen LogP contribution in [0.1, 0.15) is 25.0 Å². The van der Waals surface area contributed by atoms with Gasteiger partial charge in [0.05, 0.1) is 36.8 Å². The molecule has 0 saturated carbocycles. The van der Waals surface area contributed by atoms with Crippen LogP contribution in [0.15, 0.2) is 64.9 Å². The van der Waals surface area contributed by atoms with Crippen LogP contribution < -0.4 is 9.46 Å². The largest absolute Gasteiger partial charge is 0.488 e. The van der Waals surface area contributed by atoms with E-state index in [1.54, 1.807) is 47.7 Å². The maximum absolute atomic E-state index is 13.5. The molecule has 228 valence electrons. The number of aromatic nitrogens is 2. The number of sulfonamides is 2. The van der Waals surface area contributed by atoms with Crippen LogP contribution in [-0.4, -0.2) is 85.5 Å². The summed E-state index contributed by atoms with van der Waals surface area (Å²) >= 11 is 0. The van der Waals surface area contributed by atoms with Gasteiger partial charge in [-0.2, -0.15) is 4.31 Å². The van der Waals surface area contributed by atoms with E-state index in [0.717, 1.165) is 5.56 Å². The van der Waals surface area contributed by atoms with Gasteiger partial charge in [-0.05, 0) is 44.2 Å². The van der Waals surface area contributed by atoms with Gasteiger partial charge in [0.1, 0.15) is 11.9 Å². The summed E-state index contributed by atoms with van der Waals surface area (Å²) in [5.41, 5.74) is 1.59. The number of aliphatic hydroxyl groups excluding tert-OH is 1. The van der Waals surface area contributed by atoms with Gasteiger partial charge in [-0.3, -0.25) is 9.52 Å². The van der Waals surface area contributed by atoms with E-state index in [-0.39, 0.29) is 53.6 Å². The van der Waals surface area contributed by atoms with Crippen molar-refractivity contribution >= 4 is 31.6 Å². The molecule has 4 rings (SSSR count). The number of nitrogens with one attached hydrogen (secondary N) is 1. The minimum Gasteiger partial charge on any atom is -0.488 e. The standard InChI is InChI=1S/C28H37N5O7S2/c1-19-6-9-24(10-7-19)41(36,37)30-23-8-11-25-22(12-23)13-28(35)33(21(3)17-34)14-20(2)26(40-25)15-32(5)42(38,39)27-16-31(4)18-29-27/h6-12,16,18,20-21,26,30,34H,13-15,17H2,1-5H3/t20-,21+,26+/m0/s1. The van der Waals surface area contributed by atoms with Gasteiger partial charge in [-0.15, -0.1) is 0 Å². The quantitative estimate of drug-likeness (QED) is 0.369. The first kappa shape index (κ1) is 31.5.